The lowest BCUT2D eigenvalue weighted by Crippen LogP contribution is -2.60. The van der Waals surface area contributed by atoms with Crippen LogP contribution in [-0.4, -0.2) is 68.0 Å². The van der Waals surface area contributed by atoms with Crippen molar-refractivity contribution in [1.29, 1.82) is 0 Å². The van der Waals surface area contributed by atoms with E-state index in [-0.39, 0.29) is 29.9 Å². The number of amides is 2. The molecule has 2 fully saturated rings. The Balaban J connectivity index is 1.20. The van der Waals surface area contributed by atoms with Crippen molar-refractivity contribution in [2.24, 2.45) is 0 Å². The molecule has 0 bridgehead atoms. The van der Waals surface area contributed by atoms with E-state index in [0.29, 0.717) is 37.0 Å². The van der Waals surface area contributed by atoms with Gasteiger partial charge in [-0.2, -0.15) is 4.68 Å². The van der Waals surface area contributed by atoms with Gasteiger partial charge in [-0.15, -0.1) is 5.10 Å². The van der Waals surface area contributed by atoms with E-state index in [0.717, 1.165) is 16.9 Å². The predicted octanol–water partition coefficient (Wildman–Crippen LogP) is 3.63. The zero-order chi connectivity index (χ0) is 24.6. The molecule has 2 amide bonds. The lowest BCUT2D eigenvalue weighted by atomic mass is 9.76. The Bertz CT molecular complexity index is 1400. The molecule has 0 spiro atoms. The van der Waals surface area contributed by atoms with Crippen LogP contribution in [0.15, 0.2) is 73.1 Å². The zero-order valence-electron chi connectivity index (χ0n) is 19.9. The number of piperidine rings is 1. The summed E-state index contributed by atoms with van der Waals surface area (Å²) in [7, 11) is 1.63. The van der Waals surface area contributed by atoms with Crippen molar-refractivity contribution in [3.8, 4) is 5.75 Å². The third-order valence-corrected chi connectivity index (χ3v) is 7.30. The van der Waals surface area contributed by atoms with Crippen LogP contribution < -0.4 is 4.74 Å². The van der Waals surface area contributed by atoms with Gasteiger partial charge in [0.2, 0.25) is 5.91 Å². The van der Waals surface area contributed by atoms with Gasteiger partial charge in [-0.1, -0.05) is 35.5 Å². The van der Waals surface area contributed by atoms with Crippen LogP contribution in [0.3, 0.4) is 0 Å². The van der Waals surface area contributed by atoms with E-state index < -0.39 is 0 Å². The van der Waals surface area contributed by atoms with Crippen LogP contribution in [-0.2, 0) is 4.79 Å². The molecule has 0 N–H and O–H groups in total. The van der Waals surface area contributed by atoms with E-state index in [9.17, 15) is 9.59 Å². The van der Waals surface area contributed by atoms with Gasteiger partial charge in [0.1, 0.15) is 11.3 Å². The monoisotopic (exact) mass is 482 g/mol. The highest BCUT2D eigenvalue weighted by molar-refractivity contribution is 5.92. The summed E-state index contributed by atoms with van der Waals surface area (Å²) < 4.78 is 6.65. The maximum Gasteiger partial charge on any atom is 0.346 e. The predicted molar refractivity (Wildman–Crippen MR) is 132 cm³/mol. The Morgan fingerprint density at radius 3 is 2.47 bits per heavy atom. The molecule has 9 nitrogen and oxygen atoms in total. The molecule has 9 heteroatoms. The number of likely N-dealkylation sites (tertiary alicyclic amines) is 2. The number of carbonyl (C=O) groups excluding carboxylic acids is 2. The molecule has 4 heterocycles. The minimum Gasteiger partial charge on any atom is -0.497 e. The van der Waals surface area contributed by atoms with Crippen LogP contribution in [0.5, 0.6) is 5.75 Å². The second-order valence-corrected chi connectivity index (χ2v) is 9.22. The van der Waals surface area contributed by atoms with Gasteiger partial charge in [0.05, 0.1) is 24.6 Å². The highest BCUT2D eigenvalue weighted by Gasteiger charge is 2.52. The maximum absolute atomic E-state index is 13.5. The fraction of sp³-hybridized carbons (Fsp3) is 0.296. The van der Waals surface area contributed by atoms with Crippen molar-refractivity contribution in [2.45, 2.75) is 30.8 Å². The highest BCUT2D eigenvalue weighted by Crippen LogP contribution is 2.49. The Morgan fingerprint density at radius 1 is 0.972 bits per heavy atom. The average molecular weight is 483 g/mol. The Morgan fingerprint density at radius 2 is 1.75 bits per heavy atom. The average Bonchev–Trinajstić information content (AvgIpc) is 3.37. The smallest absolute Gasteiger partial charge is 0.346 e. The molecule has 6 rings (SSSR count). The largest absolute Gasteiger partial charge is 0.497 e. The summed E-state index contributed by atoms with van der Waals surface area (Å²) in [6, 6.07) is 18.9. The summed E-state index contributed by atoms with van der Waals surface area (Å²) in [6.07, 6.45) is 5.00. The summed E-state index contributed by atoms with van der Waals surface area (Å²) in [5.74, 6) is 0.611. The first-order valence-corrected chi connectivity index (χ1v) is 12.1. The van der Waals surface area contributed by atoms with Crippen LogP contribution in [0.25, 0.3) is 11.0 Å². The fourth-order valence-corrected chi connectivity index (χ4v) is 5.44. The quantitative estimate of drug-likeness (QED) is 0.413. The fourth-order valence-electron chi connectivity index (χ4n) is 5.44. The van der Waals surface area contributed by atoms with Crippen molar-refractivity contribution in [3.05, 3.63) is 84.2 Å². The van der Waals surface area contributed by atoms with E-state index in [2.05, 4.69) is 15.3 Å². The number of fused-ring (bicyclic) bond motifs is 1. The number of carbonyl (C=O) groups is 2. The molecule has 0 aliphatic carbocycles. The van der Waals surface area contributed by atoms with Gasteiger partial charge < -0.3 is 14.5 Å². The molecule has 2 aliphatic rings. The van der Waals surface area contributed by atoms with E-state index in [4.69, 9.17) is 4.74 Å². The summed E-state index contributed by atoms with van der Waals surface area (Å²) >= 11 is 0. The van der Waals surface area contributed by atoms with Crippen LogP contribution in [0.1, 0.15) is 35.9 Å². The molecule has 4 aromatic rings. The minimum absolute atomic E-state index is 0.0498. The first-order valence-electron chi connectivity index (χ1n) is 12.1. The summed E-state index contributed by atoms with van der Waals surface area (Å²) in [5.41, 5.74) is 3.37. The third-order valence-electron chi connectivity index (χ3n) is 7.30. The van der Waals surface area contributed by atoms with Gasteiger partial charge in [-0.05, 0) is 54.3 Å². The lowest BCUT2D eigenvalue weighted by molar-refractivity contribution is -0.156. The number of benzene rings is 2. The van der Waals surface area contributed by atoms with Gasteiger partial charge in [-0.3, -0.25) is 9.78 Å². The van der Waals surface area contributed by atoms with Crippen molar-refractivity contribution < 1.29 is 14.3 Å². The van der Waals surface area contributed by atoms with Crippen LogP contribution in [0.4, 0.5) is 4.79 Å². The molecular weight excluding hydrogens is 456 g/mol. The number of hydrogen-bond acceptors (Lipinski definition) is 6. The minimum atomic E-state index is -0.263. The number of ether oxygens (including phenoxy) is 1. The number of pyridine rings is 1. The van der Waals surface area contributed by atoms with Crippen molar-refractivity contribution in [1.82, 2.24) is 29.8 Å². The number of β-lactam (4-membered cyclic amide) rings is 1. The topological polar surface area (TPSA) is 93.5 Å². The number of aromatic nitrogens is 4. The first-order chi connectivity index (χ1) is 17.7. The number of methoxy groups -OCH3 is 1. The Labute approximate surface area is 208 Å². The molecule has 2 aromatic carbocycles. The van der Waals surface area contributed by atoms with Gasteiger partial charge in [0.25, 0.3) is 0 Å². The van der Waals surface area contributed by atoms with Crippen molar-refractivity contribution >= 4 is 23.0 Å². The summed E-state index contributed by atoms with van der Waals surface area (Å²) in [4.78, 5) is 34.8. The zero-order valence-corrected chi connectivity index (χ0v) is 19.9. The van der Waals surface area contributed by atoms with Gasteiger partial charge >= 0.3 is 6.03 Å². The second-order valence-electron chi connectivity index (χ2n) is 9.22. The van der Waals surface area contributed by atoms with Crippen LogP contribution >= 0.6 is 0 Å². The number of hydrogen-bond donors (Lipinski definition) is 0. The highest BCUT2D eigenvalue weighted by atomic mass is 16.5. The van der Waals surface area contributed by atoms with Crippen molar-refractivity contribution in [2.75, 3.05) is 20.2 Å². The molecule has 182 valence electrons. The second kappa shape index (κ2) is 9.07. The SMILES string of the molecule is COc1ccc([C@H]2C(=O)N(C3CCN(C(=O)n4nnc5ccccc54)CC3)[C@@H]2c2cccnc2)cc1. The van der Waals surface area contributed by atoms with E-state index >= 15 is 0 Å². The third kappa shape index (κ3) is 3.67. The molecule has 2 atom stereocenters. The van der Waals surface area contributed by atoms with Gasteiger partial charge in [0, 0.05) is 31.5 Å². The number of rotatable bonds is 4. The maximum atomic E-state index is 13.5. The molecule has 2 aliphatic heterocycles. The van der Waals surface area contributed by atoms with Gasteiger partial charge in [-0.25, -0.2) is 4.79 Å². The summed E-state index contributed by atoms with van der Waals surface area (Å²) in [6.45, 7) is 1.10. The number of para-hydroxylation sites is 1. The molecule has 0 unspecified atom stereocenters. The summed E-state index contributed by atoms with van der Waals surface area (Å²) in [5, 5.41) is 8.17. The standard InChI is InChI=1S/C27H26N6O3/c1-36-21-10-8-18(9-11-21)24-25(19-5-4-14-28-17-19)32(26(24)34)20-12-15-31(16-13-20)27(35)33-23-7-3-2-6-22(23)29-30-33/h2-11,14,17,20,24-25H,12-13,15-16H2,1H3/t24-,25-/m1/s1. The molecule has 0 radical (unpaired) electrons. The number of nitrogens with zero attached hydrogens (tertiary/aromatic N) is 6. The molecule has 2 aromatic heterocycles. The Hall–Kier alpha value is -4.27. The van der Waals surface area contributed by atoms with Gasteiger partial charge in [0.15, 0.2) is 0 Å². The van der Waals surface area contributed by atoms with Crippen molar-refractivity contribution in [3.63, 3.8) is 0 Å². The molecule has 36 heavy (non-hydrogen) atoms. The molecular formula is C27H26N6O3. The Kier molecular flexibility index (Phi) is 5.59. The van der Waals surface area contributed by atoms with E-state index in [1.54, 1.807) is 18.2 Å². The normalized spacial score (nSPS) is 20.4. The van der Waals surface area contributed by atoms with Crippen LogP contribution in [0, 0.1) is 0 Å². The van der Waals surface area contributed by atoms with Crippen LogP contribution in [0.2, 0.25) is 0 Å². The first kappa shape index (κ1) is 22.2. The molecule has 0 saturated carbocycles. The lowest BCUT2D eigenvalue weighted by Gasteiger charge is -2.53. The molecule has 2 saturated heterocycles. The van der Waals surface area contributed by atoms with E-state index in [1.807, 2.05) is 71.8 Å². The van der Waals surface area contributed by atoms with E-state index in [1.165, 1.54) is 4.68 Å².